The highest BCUT2D eigenvalue weighted by Gasteiger charge is 2.53. The fourth-order valence-electron chi connectivity index (χ4n) is 5.43. The molecular weight excluding hydrogens is 444 g/mol. The van der Waals surface area contributed by atoms with Crippen LogP contribution in [0.1, 0.15) is 69.3 Å². The molecular formula is C27H37N4O4+. The predicted molar refractivity (Wildman–Crippen MR) is 133 cm³/mol. The van der Waals surface area contributed by atoms with Crippen LogP contribution in [-0.2, 0) is 9.59 Å². The number of hydrogen-bond donors (Lipinski definition) is 3. The number of nitrogens with zero attached hydrogens (tertiary/aromatic N) is 2. The number of benzene rings is 1. The van der Waals surface area contributed by atoms with Gasteiger partial charge in [0.1, 0.15) is 11.7 Å². The maximum Gasteiger partial charge on any atom is 0.338 e. The molecule has 1 saturated carbocycles. The number of amides is 3. The third-order valence-corrected chi connectivity index (χ3v) is 7.51. The smallest absolute Gasteiger partial charge is 0.338 e. The first kappa shape index (κ1) is 25.3. The summed E-state index contributed by atoms with van der Waals surface area (Å²) in [5, 5.41) is 17.9. The van der Waals surface area contributed by atoms with Crippen LogP contribution in [0.2, 0.25) is 0 Å². The lowest BCUT2D eigenvalue weighted by Gasteiger charge is -2.38. The predicted octanol–water partition coefficient (Wildman–Crippen LogP) is 2.89. The third kappa shape index (κ3) is 5.38. The van der Waals surface area contributed by atoms with Gasteiger partial charge >= 0.3 is 11.8 Å². The molecule has 2 atom stereocenters. The second-order valence-corrected chi connectivity index (χ2v) is 10.3. The standard InChI is InChI=1S/C27H36N4O4/c1-18(2)23(30-24(32)22-15-14-19-10-6-7-13-21(19)29-22)26(34)31(16-8-9-17-31)27(35)25(33)28-20-11-4-3-5-12-20/h6-7,10,13-15,18,20,23,27,35H,3-5,8-9,11-12,16-17H2,1-2H3,(H-,28,30,32,33)/p+1. The van der Waals surface area contributed by atoms with E-state index in [2.05, 4.69) is 15.6 Å². The minimum Gasteiger partial charge on any atom is -0.346 e. The summed E-state index contributed by atoms with van der Waals surface area (Å²) in [6.07, 6.45) is 5.08. The van der Waals surface area contributed by atoms with E-state index >= 15 is 0 Å². The molecule has 35 heavy (non-hydrogen) atoms. The molecule has 3 amide bonds. The largest absolute Gasteiger partial charge is 0.346 e. The maximum atomic E-state index is 13.9. The van der Waals surface area contributed by atoms with Crippen molar-refractivity contribution in [3.05, 3.63) is 42.1 Å². The van der Waals surface area contributed by atoms with Gasteiger partial charge in [-0.2, -0.15) is 0 Å². The molecule has 2 aromatic rings. The van der Waals surface area contributed by atoms with Gasteiger partial charge in [-0.1, -0.05) is 57.4 Å². The summed E-state index contributed by atoms with van der Waals surface area (Å²) in [4.78, 5) is 44.5. The zero-order valence-corrected chi connectivity index (χ0v) is 20.7. The van der Waals surface area contributed by atoms with Crippen molar-refractivity contribution in [2.75, 3.05) is 13.1 Å². The van der Waals surface area contributed by atoms with E-state index in [1.165, 1.54) is 0 Å². The summed E-state index contributed by atoms with van der Waals surface area (Å²) in [6, 6.07) is 10.2. The number of likely N-dealkylation sites (tertiary alicyclic amines) is 1. The monoisotopic (exact) mass is 481 g/mol. The Bertz CT molecular complexity index is 1070. The topological polar surface area (TPSA) is 108 Å². The lowest BCUT2D eigenvalue weighted by Crippen LogP contribution is -2.68. The molecule has 2 unspecified atom stereocenters. The van der Waals surface area contributed by atoms with Crippen LogP contribution in [0, 0.1) is 5.92 Å². The van der Waals surface area contributed by atoms with Crippen molar-refractivity contribution in [1.82, 2.24) is 15.6 Å². The highest BCUT2D eigenvalue weighted by molar-refractivity contribution is 5.97. The molecule has 1 aliphatic heterocycles. The maximum absolute atomic E-state index is 13.9. The normalized spacial score (nSPS) is 19.9. The number of carbonyl (C=O) groups excluding carboxylic acids is 3. The van der Waals surface area contributed by atoms with Gasteiger partial charge in [0, 0.05) is 24.3 Å². The summed E-state index contributed by atoms with van der Waals surface area (Å²) >= 11 is 0. The van der Waals surface area contributed by atoms with Gasteiger partial charge in [-0.05, 0) is 30.9 Å². The first-order valence-corrected chi connectivity index (χ1v) is 12.9. The molecule has 2 aliphatic rings. The minimum atomic E-state index is -1.48. The van der Waals surface area contributed by atoms with Crippen LogP contribution in [-0.4, -0.2) is 63.7 Å². The number of aromatic nitrogens is 1. The van der Waals surface area contributed by atoms with Crippen molar-refractivity contribution >= 4 is 28.6 Å². The van der Waals surface area contributed by atoms with E-state index in [-0.39, 0.29) is 28.0 Å². The zero-order chi connectivity index (χ0) is 25.0. The average Bonchev–Trinajstić information content (AvgIpc) is 3.37. The fourth-order valence-corrected chi connectivity index (χ4v) is 5.43. The number of nitrogens with one attached hydrogen (secondary N) is 2. The average molecular weight is 482 g/mol. The van der Waals surface area contributed by atoms with Gasteiger partial charge in [-0.15, -0.1) is 0 Å². The Balaban J connectivity index is 1.53. The van der Waals surface area contributed by atoms with Crippen LogP contribution in [0.4, 0.5) is 0 Å². The highest BCUT2D eigenvalue weighted by atomic mass is 16.3. The van der Waals surface area contributed by atoms with Crippen molar-refractivity contribution in [3.8, 4) is 0 Å². The minimum absolute atomic E-state index is 0.0447. The van der Waals surface area contributed by atoms with Crippen molar-refractivity contribution in [2.24, 2.45) is 5.92 Å². The molecule has 3 N–H and O–H groups in total. The van der Waals surface area contributed by atoms with E-state index in [9.17, 15) is 19.5 Å². The van der Waals surface area contributed by atoms with Crippen molar-refractivity contribution in [1.29, 1.82) is 0 Å². The van der Waals surface area contributed by atoms with Gasteiger partial charge in [0.2, 0.25) is 0 Å². The summed E-state index contributed by atoms with van der Waals surface area (Å²) in [5.41, 5.74) is 0.927. The molecule has 0 bridgehead atoms. The summed E-state index contributed by atoms with van der Waals surface area (Å²) < 4.78 is -0.340. The van der Waals surface area contributed by atoms with E-state index in [1.807, 2.05) is 44.2 Å². The van der Waals surface area contributed by atoms with Crippen LogP contribution < -0.4 is 10.6 Å². The van der Waals surface area contributed by atoms with Gasteiger partial charge < -0.3 is 15.7 Å². The van der Waals surface area contributed by atoms with Gasteiger partial charge in [0.25, 0.3) is 12.1 Å². The molecule has 8 heteroatoms. The number of aliphatic hydroxyl groups is 1. The molecule has 1 saturated heterocycles. The molecule has 2 fully saturated rings. The molecule has 0 radical (unpaired) electrons. The second kappa shape index (κ2) is 10.8. The van der Waals surface area contributed by atoms with E-state index in [4.69, 9.17) is 0 Å². The van der Waals surface area contributed by atoms with Gasteiger partial charge in [-0.3, -0.25) is 9.59 Å². The number of para-hydroxylation sites is 1. The summed E-state index contributed by atoms with van der Waals surface area (Å²) in [5.74, 6) is -1.48. The van der Waals surface area contributed by atoms with E-state index in [0.717, 1.165) is 50.3 Å². The Labute approximate surface area is 206 Å². The zero-order valence-electron chi connectivity index (χ0n) is 20.7. The Hall–Kier alpha value is -2.84. The Kier molecular flexibility index (Phi) is 7.82. The van der Waals surface area contributed by atoms with Gasteiger partial charge in [0.05, 0.1) is 18.6 Å². The lowest BCUT2D eigenvalue weighted by molar-refractivity contribution is -0.881. The Morgan fingerprint density at radius 1 is 0.971 bits per heavy atom. The number of quaternary nitrogens is 1. The first-order valence-electron chi connectivity index (χ1n) is 12.9. The molecule has 1 aromatic heterocycles. The van der Waals surface area contributed by atoms with Gasteiger partial charge in [-0.25, -0.2) is 14.3 Å². The highest BCUT2D eigenvalue weighted by Crippen LogP contribution is 2.27. The van der Waals surface area contributed by atoms with E-state index < -0.39 is 24.1 Å². The number of carbonyl (C=O) groups is 3. The third-order valence-electron chi connectivity index (χ3n) is 7.51. The molecule has 188 valence electrons. The summed E-state index contributed by atoms with van der Waals surface area (Å²) in [6.45, 7) is 4.48. The van der Waals surface area contributed by atoms with E-state index in [1.54, 1.807) is 6.07 Å². The first-order chi connectivity index (χ1) is 16.8. The van der Waals surface area contributed by atoms with Crippen molar-refractivity contribution in [2.45, 2.75) is 77.1 Å². The number of hydrogen-bond acceptors (Lipinski definition) is 5. The van der Waals surface area contributed by atoms with Crippen LogP contribution >= 0.6 is 0 Å². The molecule has 1 aliphatic carbocycles. The molecule has 4 rings (SSSR count). The number of pyridine rings is 1. The SMILES string of the molecule is CC(C)C(NC(=O)c1ccc2ccccc2n1)C(=O)[N+]1(C(O)C(=O)NC2CCCCC2)CCCC1. The Morgan fingerprint density at radius 3 is 2.34 bits per heavy atom. The van der Waals surface area contributed by atoms with Crippen LogP contribution in [0.15, 0.2) is 36.4 Å². The number of fused-ring (bicyclic) bond motifs is 1. The van der Waals surface area contributed by atoms with Gasteiger partial charge in [0.15, 0.2) is 0 Å². The quantitative estimate of drug-likeness (QED) is 0.527. The Morgan fingerprint density at radius 2 is 1.66 bits per heavy atom. The van der Waals surface area contributed by atoms with Crippen LogP contribution in [0.5, 0.6) is 0 Å². The molecule has 1 aromatic carbocycles. The van der Waals surface area contributed by atoms with Crippen LogP contribution in [0.25, 0.3) is 10.9 Å². The lowest BCUT2D eigenvalue weighted by atomic mass is 9.95. The molecule has 2 heterocycles. The van der Waals surface area contributed by atoms with Crippen molar-refractivity contribution in [3.63, 3.8) is 0 Å². The fraction of sp³-hybridized carbons (Fsp3) is 0.556. The second-order valence-electron chi connectivity index (χ2n) is 10.3. The number of rotatable bonds is 7. The number of aliphatic hydroxyl groups excluding tert-OH is 1. The van der Waals surface area contributed by atoms with Crippen LogP contribution in [0.3, 0.4) is 0 Å². The van der Waals surface area contributed by atoms with Crippen molar-refractivity contribution < 1.29 is 24.0 Å². The summed E-state index contributed by atoms with van der Waals surface area (Å²) in [7, 11) is 0. The molecule has 8 nitrogen and oxygen atoms in total. The van der Waals surface area contributed by atoms with E-state index in [0.29, 0.717) is 18.6 Å². The molecule has 0 spiro atoms.